The largest absolute Gasteiger partial charge is 0.357 e. The van der Waals surface area contributed by atoms with Crippen molar-refractivity contribution in [3.8, 4) is 11.5 Å². The van der Waals surface area contributed by atoms with Crippen LogP contribution in [0.25, 0.3) is 0 Å². The summed E-state index contributed by atoms with van der Waals surface area (Å²) in [6, 6.07) is 3.19. The van der Waals surface area contributed by atoms with Crippen molar-refractivity contribution in [3.63, 3.8) is 0 Å². The summed E-state index contributed by atoms with van der Waals surface area (Å²) in [6.07, 6.45) is 5.05. The zero-order valence-electron chi connectivity index (χ0n) is 20.7. The van der Waals surface area contributed by atoms with Gasteiger partial charge in [0.05, 0.1) is 23.0 Å². The highest BCUT2D eigenvalue weighted by Crippen LogP contribution is 2.41. The van der Waals surface area contributed by atoms with Crippen LogP contribution in [0.3, 0.4) is 0 Å². The number of fused-ring (bicyclic) bond motifs is 2. The molecule has 1 fully saturated rings. The fraction of sp³-hybridized carbons (Fsp3) is 0.556. The van der Waals surface area contributed by atoms with Gasteiger partial charge in [-0.2, -0.15) is 5.10 Å². The van der Waals surface area contributed by atoms with Crippen molar-refractivity contribution in [1.82, 2.24) is 9.78 Å². The van der Waals surface area contributed by atoms with Crippen molar-refractivity contribution in [3.05, 3.63) is 52.1 Å². The molecule has 1 aliphatic carbocycles. The third-order valence-corrected chi connectivity index (χ3v) is 14.0. The lowest BCUT2D eigenvalue weighted by atomic mass is 9.86. The lowest BCUT2D eigenvalue weighted by molar-refractivity contribution is -0.0409. The van der Waals surface area contributed by atoms with E-state index in [4.69, 9.17) is 4.74 Å². The van der Waals surface area contributed by atoms with E-state index in [0.29, 0.717) is 40.8 Å². The standard InChI is InChI=1S/C27H35FN2O2Si/c1-17(2)33(18(3)4,19(5)6)14-12-21-23(28)11-10-20-15-24-22(27(31)26(20)21)16-29-30(24)25-9-7-8-13-32-25/h10-11,16-19,25H,7-9,13,15H2,1-6H3. The van der Waals surface area contributed by atoms with Crippen LogP contribution in [-0.2, 0) is 11.2 Å². The quantitative estimate of drug-likeness (QED) is 0.329. The first-order valence-corrected chi connectivity index (χ1v) is 14.5. The highest BCUT2D eigenvalue weighted by atomic mass is 28.3. The Morgan fingerprint density at radius 1 is 1.12 bits per heavy atom. The van der Waals surface area contributed by atoms with E-state index in [1.165, 1.54) is 6.07 Å². The summed E-state index contributed by atoms with van der Waals surface area (Å²) >= 11 is 0. The number of ketones is 1. The van der Waals surface area contributed by atoms with E-state index < -0.39 is 13.9 Å². The molecule has 4 nitrogen and oxygen atoms in total. The van der Waals surface area contributed by atoms with Gasteiger partial charge in [0.1, 0.15) is 20.1 Å². The average Bonchev–Trinajstić information content (AvgIpc) is 3.20. The fourth-order valence-electron chi connectivity index (χ4n) is 5.99. The van der Waals surface area contributed by atoms with Crippen LogP contribution in [-0.4, -0.2) is 30.2 Å². The molecule has 4 rings (SSSR count). The molecule has 0 N–H and O–H groups in total. The molecule has 33 heavy (non-hydrogen) atoms. The Balaban J connectivity index is 1.79. The number of ether oxygens (including phenoxy) is 1. The van der Waals surface area contributed by atoms with Gasteiger partial charge in [-0.25, -0.2) is 9.07 Å². The zero-order chi connectivity index (χ0) is 23.9. The molecule has 0 radical (unpaired) electrons. The Morgan fingerprint density at radius 2 is 1.82 bits per heavy atom. The van der Waals surface area contributed by atoms with Gasteiger partial charge >= 0.3 is 0 Å². The van der Waals surface area contributed by atoms with E-state index >= 15 is 4.39 Å². The molecular weight excluding hydrogens is 431 g/mol. The van der Waals surface area contributed by atoms with Crippen LogP contribution < -0.4 is 0 Å². The number of carbonyl (C=O) groups excluding carboxylic acids is 1. The van der Waals surface area contributed by atoms with Crippen LogP contribution in [0.4, 0.5) is 4.39 Å². The van der Waals surface area contributed by atoms with Gasteiger partial charge in [0.15, 0.2) is 5.78 Å². The summed E-state index contributed by atoms with van der Waals surface area (Å²) in [5.41, 5.74) is 7.80. The molecule has 0 spiro atoms. The third kappa shape index (κ3) is 4.00. The van der Waals surface area contributed by atoms with Gasteiger partial charge in [-0.15, -0.1) is 5.54 Å². The summed E-state index contributed by atoms with van der Waals surface area (Å²) < 4.78 is 22.9. The van der Waals surface area contributed by atoms with Crippen molar-refractivity contribution < 1.29 is 13.9 Å². The Morgan fingerprint density at radius 3 is 2.42 bits per heavy atom. The SMILES string of the molecule is CC(C)[Si](C#Cc1c(F)ccc2c1C(=O)c1cnn(C3CCCCO3)c1C2)(C(C)C)C(C)C. The minimum atomic E-state index is -2.06. The number of nitrogens with zero attached hydrogens (tertiary/aromatic N) is 2. The minimum absolute atomic E-state index is 0.133. The van der Waals surface area contributed by atoms with Gasteiger partial charge in [-0.3, -0.25) is 4.79 Å². The molecule has 2 aliphatic rings. The first-order chi connectivity index (χ1) is 15.7. The molecule has 1 unspecified atom stereocenters. The molecular formula is C27H35FN2O2Si. The van der Waals surface area contributed by atoms with Crippen LogP contribution in [0, 0.1) is 17.3 Å². The topological polar surface area (TPSA) is 44.1 Å². The van der Waals surface area contributed by atoms with Gasteiger partial charge < -0.3 is 4.74 Å². The smallest absolute Gasteiger partial charge is 0.198 e. The number of benzene rings is 1. The van der Waals surface area contributed by atoms with Crippen molar-refractivity contribution >= 4 is 13.9 Å². The number of rotatable bonds is 4. The Bertz CT molecular complexity index is 1100. The lowest BCUT2D eigenvalue weighted by Gasteiger charge is -2.38. The minimum Gasteiger partial charge on any atom is -0.357 e. The molecule has 1 saturated heterocycles. The summed E-state index contributed by atoms with van der Waals surface area (Å²) in [6.45, 7) is 14.1. The van der Waals surface area contributed by atoms with Crippen LogP contribution in [0.1, 0.15) is 99.8 Å². The van der Waals surface area contributed by atoms with Crippen molar-refractivity contribution in [1.29, 1.82) is 0 Å². The van der Waals surface area contributed by atoms with Crippen LogP contribution >= 0.6 is 0 Å². The number of aromatic nitrogens is 2. The summed E-state index contributed by atoms with van der Waals surface area (Å²) in [5.74, 6) is 2.63. The summed E-state index contributed by atoms with van der Waals surface area (Å²) in [7, 11) is -2.06. The van der Waals surface area contributed by atoms with Crippen LogP contribution in [0.2, 0.25) is 16.6 Å². The first-order valence-electron chi connectivity index (χ1n) is 12.3. The van der Waals surface area contributed by atoms with E-state index in [-0.39, 0.29) is 17.6 Å². The van der Waals surface area contributed by atoms with Crippen molar-refractivity contribution in [2.75, 3.05) is 6.61 Å². The highest BCUT2D eigenvalue weighted by molar-refractivity contribution is 6.90. The molecule has 1 atom stereocenters. The molecule has 176 valence electrons. The second-order valence-electron chi connectivity index (χ2n) is 10.4. The second kappa shape index (κ2) is 9.19. The number of carbonyl (C=O) groups is 1. The normalized spacial score (nSPS) is 18.4. The third-order valence-electron chi connectivity index (χ3n) is 7.67. The predicted molar refractivity (Wildman–Crippen MR) is 132 cm³/mol. The Kier molecular flexibility index (Phi) is 6.66. The summed E-state index contributed by atoms with van der Waals surface area (Å²) in [5, 5.41) is 4.51. The monoisotopic (exact) mass is 466 g/mol. The molecule has 0 amide bonds. The van der Waals surface area contributed by atoms with E-state index in [1.807, 2.05) is 4.68 Å². The highest BCUT2D eigenvalue weighted by Gasteiger charge is 2.42. The van der Waals surface area contributed by atoms with Gasteiger partial charge in [0.25, 0.3) is 0 Å². The van der Waals surface area contributed by atoms with E-state index in [1.54, 1.807) is 12.3 Å². The number of halogens is 1. The molecule has 2 aromatic rings. The van der Waals surface area contributed by atoms with E-state index in [9.17, 15) is 4.79 Å². The maximum Gasteiger partial charge on any atom is 0.198 e. The van der Waals surface area contributed by atoms with Gasteiger partial charge in [0.2, 0.25) is 0 Å². The van der Waals surface area contributed by atoms with Gasteiger partial charge in [-0.05, 0) is 47.5 Å². The zero-order valence-corrected chi connectivity index (χ0v) is 21.7. The average molecular weight is 467 g/mol. The van der Waals surface area contributed by atoms with Gasteiger partial charge in [0, 0.05) is 18.6 Å². The lowest BCUT2D eigenvalue weighted by Crippen LogP contribution is -2.43. The number of hydrogen-bond acceptors (Lipinski definition) is 3. The molecule has 0 saturated carbocycles. The second-order valence-corrected chi connectivity index (χ2v) is 16.0. The molecule has 1 aliphatic heterocycles. The summed E-state index contributed by atoms with van der Waals surface area (Å²) in [4.78, 5) is 13.6. The van der Waals surface area contributed by atoms with Crippen LogP contribution in [0.15, 0.2) is 18.3 Å². The van der Waals surface area contributed by atoms with Gasteiger partial charge in [-0.1, -0.05) is 53.5 Å². The van der Waals surface area contributed by atoms with Crippen molar-refractivity contribution in [2.45, 2.75) is 90.1 Å². The van der Waals surface area contributed by atoms with Crippen molar-refractivity contribution in [2.24, 2.45) is 0 Å². The first kappa shape index (κ1) is 23.9. The Labute approximate surface area is 197 Å². The fourth-order valence-corrected chi connectivity index (χ4v) is 11.2. The van der Waals surface area contributed by atoms with Crippen LogP contribution in [0.5, 0.6) is 0 Å². The maximum absolute atomic E-state index is 15.1. The molecule has 1 aromatic carbocycles. The molecule has 0 bridgehead atoms. The Hall–Kier alpha value is -2.23. The van der Waals surface area contributed by atoms with E-state index in [2.05, 4.69) is 58.1 Å². The molecule has 1 aromatic heterocycles. The predicted octanol–water partition coefficient (Wildman–Crippen LogP) is 6.43. The molecule has 6 heteroatoms. The maximum atomic E-state index is 15.1. The molecule has 2 heterocycles. The number of hydrogen-bond donors (Lipinski definition) is 0. The van der Waals surface area contributed by atoms with E-state index in [0.717, 1.165) is 30.5 Å².